The zero-order valence-electron chi connectivity index (χ0n) is 23.9. The Labute approximate surface area is 273 Å². The minimum atomic E-state index is 0. The predicted molar refractivity (Wildman–Crippen MR) is 176 cm³/mol. The molecule has 5 aromatic heterocycles. The first kappa shape index (κ1) is 28.4. The van der Waals surface area contributed by atoms with Gasteiger partial charge in [-0.25, -0.2) is 0 Å². The summed E-state index contributed by atoms with van der Waals surface area (Å²) < 4.78 is 8.50. The van der Waals surface area contributed by atoms with Crippen molar-refractivity contribution in [2.24, 2.45) is 0 Å². The molecule has 0 amide bonds. The fourth-order valence-electron chi connectivity index (χ4n) is 5.68. The Kier molecular flexibility index (Phi) is 7.74. The summed E-state index contributed by atoms with van der Waals surface area (Å²) in [5.74, 6) is 0.831. The number of hydrogen-bond acceptors (Lipinski definition) is 4. The Hall–Kier alpha value is -5.42. The molecule has 0 bridgehead atoms. The Bertz CT molecular complexity index is 2290. The summed E-state index contributed by atoms with van der Waals surface area (Å²) in [6.45, 7) is 0. The molecule has 5 nitrogen and oxygen atoms in total. The standard InChI is InChI=1S/C28H16N3O.C11H8N.Ir/c1-3-13-24-18(8-1)19-9-2-4-14-25(19)31(24)26-16-15-21-20-10-7-11-22(23-12-5-6-17-29-23)27(20)32-28(21)30-26;1-2-6-10(7-3-1)11-8-4-5-9-12-11;/h1-10,12-17H;1-6,8-9H;/q2*-1;. The number of nitrogens with zero attached hydrogens (tertiary/aromatic N) is 4. The molecule has 0 unspecified atom stereocenters. The van der Waals surface area contributed by atoms with E-state index in [1.54, 1.807) is 12.4 Å². The Morgan fingerprint density at radius 2 is 1.20 bits per heavy atom. The van der Waals surface area contributed by atoms with Crippen LogP contribution in [0.25, 0.3) is 72.2 Å². The van der Waals surface area contributed by atoms with Gasteiger partial charge in [-0.1, -0.05) is 71.6 Å². The van der Waals surface area contributed by atoms with Gasteiger partial charge in [0, 0.05) is 48.7 Å². The van der Waals surface area contributed by atoms with Crippen molar-refractivity contribution in [3.8, 4) is 28.3 Å². The van der Waals surface area contributed by atoms with Gasteiger partial charge in [-0.3, -0.25) is 4.57 Å². The maximum atomic E-state index is 6.31. The van der Waals surface area contributed by atoms with Crippen molar-refractivity contribution in [2.75, 3.05) is 0 Å². The van der Waals surface area contributed by atoms with Gasteiger partial charge in [0.05, 0.1) is 16.6 Å². The molecule has 45 heavy (non-hydrogen) atoms. The Morgan fingerprint density at radius 1 is 0.533 bits per heavy atom. The average Bonchev–Trinajstić information content (AvgIpc) is 3.65. The molecule has 1 radical (unpaired) electrons. The van der Waals surface area contributed by atoms with Crippen molar-refractivity contribution in [2.45, 2.75) is 0 Å². The summed E-state index contributed by atoms with van der Waals surface area (Å²) in [4.78, 5) is 13.6. The molecule has 0 aliphatic carbocycles. The van der Waals surface area contributed by atoms with Crippen LogP contribution in [0.15, 0.2) is 150 Å². The van der Waals surface area contributed by atoms with Gasteiger partial charge in [-0.2, -0.15) is 4.98 Å². The van der Waals surface area contributed by atoms with Crippen LogP contribution in [0.1, 0.15) is 0 Å². The maximum absolute atomic E-state index is 6.31. The SMILES string of the molecule is [Ir].[c-]1ccc2c(oc3nc(-n4c5ccccc5c5ccccc54)ccc32)c1-c1ccccn1.[c-]1ccccc1-c1ccccn1. The molecule has 217 valence electrons. The first-order chi connectivity index (χ1) is 21.8. The smallest absolute Gasteiger partial charge is 0.218 e. The number of pyridine rings is 3. The van der Waals surface area contributed by atoms with Crippen molar-refractivity contribution in [3.05, 3.63) is 158 Å². The third kappa shape index (κ3) is 5.21. The Balaban J connectivity index is 0.000000211. The van der Waals surface area contributed by atoms with Gasteiger partial charge in [0.1, 0.15) is 5.82 Å². The van der Waals surface area contributed by atoms with Crippen LogP contribution in [-0.2, 0) is 20.1 Å². The normalized spacial score (nSPS) is 10.9. The van der Waals surface area contributed by atoms with Crippen molar-refractivity contribution in [1.29, 1.82) is 0 Å². The zero-order valence-corrected chi connectivity index (χ0v) is 26.3. The summed E-state index contributed by atoms with van der Waals surface area (Å²) in [5.41, 5.74) is 7.30. The number of para-hydroxylation sites is 2. The quantitative estimate of drug-likeness (QED) is 0.169. The van der Waals surface area contributed by atoms with E-state index in [-0.39, 0.29) is 20.1 Å². The fraction of sp³-hybridized carbons (Fsp3) is 0. The largest absolute Gasteiger partial charge is 0.486 e. The second-order valence-electron chi connectivity index (χ2n) is 10.3. The topological polar surface area (TPSA) is 56.7 Å². The minimum Gasteiger partial charge on any atom is -0.486 e. The van der Waals surface area contributed by atoms with Crippen molar-refractivity contribution in [1.82, 2.24) is 19.5 Å². The van der Waals surface area contributed by atoms with E-state index in [0.29, 0.717) is 5.71 Å². The zero-order chi connectivity index (χ0) is 29.3. The number of benzene rings is 4. The van der Waals surface area contributed by atoms with Crippen LogP contribution in [0.4, 0.5) is 0 Å². The summed E-state index contributed by atoms with van der Waals surface area (Å²) in [5, 5.41) is 4.42. The number of hydrogen-bond donors (Lipinski definition) is 0. The fourth-order valence-corrected chi connectivity index (χ4v) is 5.68. The molecule has 0 saturated carbocycles. The van der Waals surface area contributed by atoms with Crippen LogP contribution in [-0.4, -0.2) is 19.5 Å². The molecular formula is C39H24IrN4O-2. The minimum absolute atomic E-state index is 0. The molecule has 0 aliphatic rings. The second kappa shape index (κ2) is 12.3. The number of rotatable bonds is 3. The maximum Gasteiger partial charge on any atom is 0.218 e. The van der Waals surface area contributed by atoms with Crippen LogP contribution in [0.5, 0.6) is 0 Å². The summed E-state index contributed by atoms with van der Waals surface area (Å²) in [7, 11) is 0. The van der Waals surface area contributed by atoms with E-state index in [1.807, 2.05) is 72.8 Å². The average molecular weight is 757 g/mol. The van der Waals surface area contributed by atoms with Crippen molar-refractivity contribution >= 4 is 43.9 Å². The van der Waals surface area contributed by atoms with Gasteiger partial charge < -0.3 is 14.4 Å². The van der Waals surface area contributed by atoms with Crippen LogP contribution in [0.3, 0.4) is 0 Å². The van der Waals surface area contributed by atoms with E-state index in [9.17, 15) is 0 Å². The van der Waals surface area contributed by atoms with Gasteiger partial charge in [0.15, 0.2) is 0 Å². The van der Waals surface area contributed by atoms with Crippen molar-refractivity contribution < 1.29 is 24.5 Å². The molecule has 5 heterocycles. The van der Waals surface area contributed by atoms with Gasteiger partial charge in [0.2, 0.25) is 5.71 Å². The van der Waals surface area contributed by atoms with Gasteiger partial charge in [-0.05, 0) is 47.8 Å². The predicted octanol–water partition coefficient (Wildman–Crippen LogP) is 9.49. The summed E-state index contributed by atoms with van der Waals surface area (Å²) in [6, 6.07) is 50.9. The number of fused-ring (bicyclic) bond motifs is 6. The molecular weight excluding hydrogens is 733 g/mol. The van der Waals surface area contributed by atoms with Gasteiger partial charge in [0.25, 0.3) is 0 Å². The molecule has 6 heteroatoms. The molecule has 0 saturated heterocycles. The molecule has 9 rings (SSSR count). The first-order valence-corrected chi connectivity index (χ1v) is 14.4. The van der Waals surface area contributed by atoms with E-state index in [2.05, 4.69) is 87.3 Å². The molecule has 0 atom stereocenters. The van der Waals surface area contributed by atoms with E-state index in [0.717, 1.165) is 55.7 Å². The van der Waals surface area contributed by atoms with E-state index in [1.165, 1.54) is 10.8 Å². The van der Waals surface area contributed by atoms with Crippen LogP contribution >= 0.6 is 0 Å². The van der Waals surface area contributed by atoms with Crippen LogP contribution in [0.2, 0.25) is 0 Å². The third-order valence-corrected chi connectivity index (χ3v) is 7.66. The third-order valence-electron chi connectivity index (χ3n) is 7.66. The summed E-state index contributed by atoms with van der Waals surface area (Å²) in [6.07, 6.45) is 3.57. The summed E-state index contributed by atoms with van der Waals surface area (Å²) >= 11 is 0. The van der Waals surface area contributed by atoms with E-state index in [4.69, 9.17) is 9.40 Å². The van der Waals surface area contributed by atoms with Crippen LogP contribution < -0.4 is 0 Å². The monoisotopic (exact) mass is 757 g/mol. The van der Waals surface area contributed by atoms with E-state index >= 15 is 0 Å². The molecule has 9 aromatic rings. The Morgan fingerprint density at radius 3 is 1.87 bits per heavy atom. The molecule has 0 fully saturated rings. The number of furan rings is 1. The van der Waals surface area contributed by atoms with Crippen LogP contribution in [0, 0.1) is 12.1 Å². The first-order valence-electron chi connectivity index (χ1n) is 14.4. The number of aromatic nitrogens is 4. The molecule has 0 spiro atoms. The molecule has 4 aromatic carbocycles. The molecule has 0 N–H and O–H groups in total. The van der Waals surface area contributed by atoms with Gasteiger partial charge >= 0.3 is 0 Å². The molecule has 0 aliphatic heterocycles. The van der Waals surface area contributed by atoms with Gasteiger partial charge in [-0.15, -0.1) is 54.1 Å². The van der Waals surface area contributed by atoms with Crippen molar-refractivity contribution in [3.63, 3.8) is 0 Å². The van der Waals surface area contributed by atoms with E-state index < -0.39 is 0 Å². The second-order valence-corrected chi connectivity index (χ2v) is 10.3.